The Morgan fingerprint density at radius 2 is 2.09 bits per heavy atom. The molecule has 0 unspecified atom stereocenters. The topological polar surface area (TPSA) is 71.5 Å². The second-order valence-electron chi connectivity index (χ2n) is 4.83. The smallest absolute Gasteiger partial charge is 0.279 e. The molecule has 0 spiro atoms. The Kier molecular flexibility index (Phi) is 4.84. The summed E-state index contributed by atoms with van der Waals surface area (Å²) in [5.41, 5.74) is 1.68. The molecule has 1 aliphatic heterocycles. The summed E-state index contributed by atoms with van der Waals surface area (Å²) in [5.74, 6) is 0. The van der Waals surface area contributed by atoms with Crippen LogP contribution in [0.4, 0.5) is 0 Å². The number of hydrogen-bond donors (Lipinski definition) is 1. The van der Waals surface area contributed by atoms with E-state index in [1.165, 1.54) is 4.31 Å². The number of aromatic nitrogens is 1. The van der Waals surface area contributed by atoms with E-state index in [1.54, 1.807) is 17.5 Å². The van der Waals surface area contributed by atoms with Gasteiger partial charge in [0.2, 0.25) is 0 Å². The van der Waals surface area contributed by atoms with Gasteiger partial charge in [-0.15, -0.1) is 11.3 Å². The van der Waals surface area contributed by atoms with Gasteiger partial charge in [-0.05, 0) is 23.1 Å². The molecule has 2 aromatic rings. The van der Waals surface area contributed by atoms with Crippen LogP contribution in [0.15, 0.2) is 35.8 Å². The van der Waals surface area contributed by atoms with Crippen LogP contribution in [0.2, 0.25) is 0 Å². The van der Waals surface area contributed by atoms with Crippen molar-refractivity contribution in [1.29, 1.82) is 0 Å². The monoisotopic (exact) mass is 339 g/mol. The normalized spacial score (nSPS) is 16.7. The number of nitrogens with one attached hydrogen (secondary N) is 1. The van der Waals surface area contributed by atoms with Crippen LogP contribution in [-0.2, 0) is 21.5 Å². The van der Waals surface area contributed by atoms with E-state index in [9.17, 15) is 8.42 Å². The lowest BCUT2D eigenvalue weighted by Gasteiger charge is -2.26. The highest BCUT2D eigenvalue weighted by molar-refractivity contribution is 7.87. The van der Waals surface area contributed by atoms with Crippen LogP contribution >= 0.6 is 11.3 Å². The zero-order valence-electron chi connectivity index (χ0n) is 11.9. The van der Waals surface area contributed by atoms with Crippen molar-refractivity contribution in [1.82, 2.24) is 14.0 Å². The van der Waals surface area contributed by atoms with Gasteiger partial charge in [0, 0.05) is 25.8 Å². The van der Waals surface area contributed by atoms with E-state index in [2.05, 4.69) is 9.71 Å². The first-order valence-corrected chi connectivity index (χ1v) is 9.29. The third kappa shape index (κ3) is 3.53. The van der Waals surface area contributed by atoms with Gasteiger partial charge in [-0.25, -0.2) is 0 Å². The zero-order chi connectivity index (χ0) is 15.4. The minimum atomic E-state index is -3.49. The molecule has 8 heteroatoms. The average molecular weight is 339 g/mol. The molecule has 0 radical (unpaired) electrons. The summed E-state index contributed by atoms with van der Waals surface area (Å²) in [6.07, 6.45) is 1.72. The summed E-state index contributed by atoms with van der Waals surface area (Å²) in [4.78, 5) is 5.41. The number of rotatable bonds is 5. The molecule has 0 amide bonds. The summed E-state index contributed by atoms with van der Waals surface area (Å²) >= 11 is 1.58. The molecule has 22 heavy (non-hydrogen) atoms. The van der Waals surface area contributed by atoms with Crippen LogP contribution in [0.1, 0.15) is 5.56 Å². The van der Waals surface area contributed by atoms with Crippen LogP contribution in [-0.4, -0.2) is 44.0 Å². The lowest BCUT2D eigenvalue weighted by molar-refractivity contribution is 0.0725. The molecular formula is C14H17N3O3S2. The van der Waals surface area contributed by atoms with E-state index in [-0.39, 0.29) is 6.54 Å². The highest BCUT2D eigenvalue weighted by Gasteiger charge is 2.24. The molecule has 0 atom stereocenters. The SMILES string of the molecule is O=S(=O)(NCc1cccnc1-c1cccs1)N1CCOCC1. The molecule has 0 bridgehead atoms. The molecule has 2 aromatic heterocycles. The van der Waals surface area contributed by atoms with E-state index >= 15 is 0 Å². The maximum atomic E-state index is 12.3. The van der Waals surface area contributed by atoms with Crippen molar-refractivity contribution in [2.75, 3.05) is 26.3 Å². The number of nitrogens with zero attached hydrogens (tertiary/aromatic N) is 2. The fourth-order valence-corrected chi connectivity index (χ4v) is 4.17. The summed E-state index contributed by atoms with van der Waals surface area (Å²) in [7, 11) is -3.49. The number of thiophene rings is 1. The highest BCUT2D eigenvalue weighted by Crippen LogP contribution is 2.25. The minimum Gasteiger partial charge on any atom is -0.379 e. The highest BCUT2D eigenvalue weighted by atomic mass is 32.2. The van der Waals surface area contributed by atoms with Crippen LogP contribution in [0.3, 0.4) is 0 Å². The Balaban J connectivity index is 1.74. The fourth-order valence-electron chi connectivity index (χ4n) is 2.26. The molecular weight excluding hydrogens is 322 g/mol. The van der Waals surface area contributed by atoms with Crippen LogP contribution < -0.4 is 4.72 Å². The summed E-state index contributed by atoms with van der Waals surface area (Å²) in [5, 5.41) is 1.98. The summed E-state index contributed by atoms with van der Waals surface area (Å²) < 4.78 is 33.8. The Morgan fingerprint density at radius 3 is 2.82 bits per heavy atom. The first-order chi connectivity index (χ1) is 10.7. The van der Waals surface area contributed by atoms with Crippen LogP contribution in [0.5, 0.6) is 0 Å². The minimum absolute atomic E-state index is 0.223. The Labute approximate surface area is 133 Å². The molecule has 3 heterocycles. The van der Waals surface area contributed by atoms with Gasteiger partial charge in [0.25, 0.3) is 10.2 Å². The van der Waals surface area contributed by atoms with Gasteiger partial charge in [-0.3, -0.25) is 4.98 Å². The van der Waals surface area contributed by atoms with Gasteiger partial charge in [0.15, 0.2) is 0 Å². The standard InChI is InChI=1S/C14H17N3O3S2/c18-22(19,17-6-8-20-9-7-17)16-11-12-3-1-5-15-14(12)13-4-2-10-21-13/h1-5,10,16H,6-9,11H2. The van der Waals surface area contributed by atoms with Crippen molar-refractivity contribution in [3.63, 3.8) is 0 Å². The molecule has 3 rings (SSSR count). The molecule has 1 saturated heterocycles. The first-order valence-electron chi connectivity index (χ1n) is 6.97. The molecule has 6 nitrogen and oxygen atoms in total. The lowest BCUT2D eigenvalue weighted by atomic mass is 10.2. The number of hydrogen-bond acceptors (Lipinski definition) is 5. The van der Waals surface area contributed by atoms with Gasteiger partial charge in [-0.2, -0.15) is 17.4 Å². The van der Waals surface area contributed by atoms with E-state index in [1.807, 2.05) is 29.6 Å². The Hall–Kier alpha value is -1.32. The molecule has 1 N–H and O–H groups in total. The Morgan fingerprint density at radius 1 is 1.27 bits per heavy atom. The third-order valence-corrected chi connectivity index (χ3v) is 5.83. The van der Waals surface area contributed by atoms with Crippen molar-refractivity contribution < 1.29 is 13.2 Å². The number of pyridine rings is 1. The van der Waals surface area contributed by atoms with Gasteiger partial charge in [0.05, 0.1) is 23.8 Å². The first kappa shape index (κ1) is 15.6. The van der Waals surface area contributed by atoms with Crippen molar-refractivity contribution in [2.24, 2.45) is 0 Å². The molecule has 118 valence electrons. The maximum Gasteiger partial charge on any atom is 0.279 e. The van der Waals surface area contributed by atoms with Crippen molar-refractivity contribution in [3.05, 3.63) is 41.4 Å². The molecule has 0 aliphatic carbocycles. The van der Waals surface area contributed by atoms with Crippen molar-refractivity contribution >= 4 is 21.5 Å². The Bertz CT molecular complexity index is 711. The van der Waals surface area contributed by atoms with E-state index in [0.29, 0.717) is 26.3 Å². The third-order valence-electron chi connectivity index (χ3n) is 3.40. The van der Waals surface area contributed by atoms with Crippen LogP contribution in [0.25, 0.3) is 10.6 Å². The largest absolute Gasteiger partial charge is 0.379 e. The van der Waals surface area contributed by atoms with E-state index in [0.717, 1.165) is 16.1 Å². The van der Waals surface area contributed by atoms with Crippen molar-refractivity contribution in [3.8, 4) is 10.6 Å². The predicted molar refractivity (Wildman–Crippen MR) is 85.7 cm³/mol. The summed E-state index contributed by atoms with van der Waals surface area (Å²) in [6.45, 7) is 1.88. The van der Waals surface area contributed by atoms with Gasteiger partial charge in [-0.1, -0.05) is 12.1 Å². The fraction of sp³-hybridized carbons (Fsp3) is 0.357. The number of ether oxygens (including phenoxy) is 1. The quantitative estimate of drug-likeness (QED) is 0.896. The second kappa shape index (κ2) is 6.84. The molecule has 1 aliphatic rings. The van der Waals surface area contributed by atoms with Gasteiger partial charge in [0.1, 0.15) is 0 Å². The van der Waals surface area contributed by atoms with Gasteiger partial charge < -0.3 is 4.74 Å². The molecule has 0 aromatic carbocycles. The van der Waals surface area contributed by atoms with E-state index in [4.69, 9.17) is 4.74 Å². The van der Waals surface area contributed by atoms with Crippen LogP contribution in [0, 0.1) is 0 Å². The second-order valence-corrected chi connectivity index (χ2v) is 7.53. The van der Waals surface area contributed by atoms with Crippen molar-refractivity contribution in [2.45, 2.75) is 6.54 Å². The lowest BCUT2D eigenvalue weighted by Crippen LogP contribution is -2.46. The van der Waals surface area contributed by atoms with Gasteiger partial charge >= 0.3 is 0 Å². The maximum absolute atomic E-state index is 12.3. The summed E-state index contributed by atoms with van der Waals surface area (Å²) in [6, 6.07) is 7.64. The zero-order valence-corrected chi connectivity index (χ0v) is 13.6. The predicted octanol–water partition coefficient (Wildman–Crippen LogP) is 1.48. The molecule has 0 saturated carbocycles. The number of morpholine rings is 1. The van der Waals surface area contributed by atoms with E-state index < -0.39 is 10.2 Å². The average Bonchev–Trinajstić information content (AvgIpc) is 3.08. The molecule has 1 fully saturated rings.